The van der Waals surface area contributed by atoms with E-state index in [1.807, 2.05) is 0 Å². The Morgan fingerprint density at radius 3 is 2.83 bits per heavy atom. The molecule has 102 valence electrons. The Morgan fingerprint density at radius 1 is 1.33 bits per heavy atom. The molecule has 2 heterocycles. The van der Waals surface area contributed by atoms with Crippen LogP contribution in [0.25, 0.3) is 0 Å². The van der Waals surface area contributed by atoms with E-state index in [-0.39, 0.29) is 0 Å². The first-order valence-corrected chi connectivity index (χ1v) is 7.36. The number of likely N-dealkylation sites (tertiary alicyclic amines) is 1. The molecule has 1 aromatic rings. The summed E-state index contributed by atoms with van der Waals surface area (Å²) in [5.74, 6) is 0.932. The highest BCUT2D eigenvalue weighted by Crippen LogP contribution is 2.15. The van der Waals surface area contributed by atoms with Gasteiger partial charge in [-0.2, -0.15) is 0 Å². The van der Waals surface area contributed by atoms with E-state index in [4.69, 9.17) is 0 Å². The Bertz CT molecular complexity index is 337. The molecule has 1 N–H and O–H groups in total. The third kappa shape index (κ3) is 3.85. The fraction of sp³-hybridized carbons (Fsp3) is 0.733. The summed E-state index contributed by atoms with van der Waals surface area (Å²) in [7, 11) is 0. The summed E-state index contributed by atoms with van der Waals surface area (Å²) in [5.41, 5.74) is 1.39. The van der Waals surface area contributed by atoms with Crippen molar-refractivity contribution >= 4 is 0 Å². The summed E-state index contributed by atoms with van der Waals surface area (Å²) in [4.78, 5) is 2.59. The second-order valence-electron chi connectivity index (χ2n) is 5.49. The molecule has 1 aromatic heterocycles. The van der Waals surface area contributed by atoms with Gasteiger partial charge in [0.15, 0.2) is 0 Å². The normalized spacial score (nSPS) is 18.3. The van der Waals surface area contributed by atoms with Crippen LogP contribution >= 0.6 is 0 Å². The van der Waals surface area contributed by atoms with Gasteiger partial charge in [-0.1, -0.05) is 6.92 Å². The van der Waals surface area contributed by atoms with Crippen LogP contribution in [0.5, 0.6) is 0 Å². The molecule has 0 unspecified atom stereocenters. The Labute approximate surface area is 111 Å². The van der Waals surface area contributed by atoms with Crippen molar-refractivity contribution in [2.24, 2.45) is 5.92 Å². The molecule has 1 aliphatic rings. The van der Waals surface area contributed by atoms with Gasteiger partial charge in [-0.15, -0.1) is 0 Å². The standard InChI is InChI=1S/C15H27N3/c1-3-18-9-4-5-15(18)13-16-8-12-17-10-6-14(2)7-11-17/h4-5,9,14,16H,3,6-8,10-13H2,1-2H3. The number of hydrogen-bond donors (Lipinski definition) is 1. The summed E-state index contributed by atoms with van der Waals surface area (Å²) < 4.78 is 2.30. The summed E-state index contributed by atoms with van der Waals surface area (Å²) >= 11 is 0. The number of piperidine rings is 1. The third-order valence-electron chi connectivity index (χ3n) is 4.05. The van der Waals surface area contributed by atoms with Crippen LogP contribution < -0.4 is 5.32 Å². The van der Waals surface area contributed by atoms with E-state index in [9.17, 15) is 0 Å². The molecule has 1 aliphatic heterocycles. The molecular formula is C15H27N3. The maximum Gasteiger partial charge on any atom is 0.0359 e. The van der Waals surface area contributed by atoms with Crippen LogP contribution in [0.2, 0.25) is 0 Å². The SMILES string of the molecule is CCn1cccc1CNCCN1CCC(C)CC1. The van der Waals surface area contributed by atoms with Crippen molar-refractivity contribution in [2.75, 3.05) is 26.2 Å². The van der Waals surface area contributed by atoms with E-state index < -0.39 is 0 Å². The van der Waals surface area contributed by atoms with Crippen molar-refractivity contribution in [3.8, 4) is 0 Å². The molecule has 0 aliphatic carbocycles. The van der Waals surface area contributed by atoms with E-state index in [1.165, 1.54) is 38.2 Å². The lowest BCUT2D eigenvalue weighted by Gasteiger charge is -2.30. The number of nitrogens with one attached hydrogen (secondary N) is 1. The predicted molar refractivity (Wildman–Crippen MR) is 76.7 cm³/mol. The van der Waals surface area contributed by atoms with Gasteiger partial charge in [-0.25, -0.2) is 0 Å². The highest BCUT2D eigenvalue weighted by molar-refractivity contribution is 5.06. The number of aryl methyl sites for hydroxylation is 1. The Kier molecular flexibility index (Phi) is 5.26. The average Bonchev–Trinajstić information content (AvgIpc) is 2.84. The first kappa shape index (κ1) is 13.6. The summed E-state index contributed by atoms with van der Waals surface area (Å²) in [6.45, 7) is 11.5. The molecule has 1 saturated heterocycles. The lowest BCUT2D eigenvalue weighted by Crippen LogP contribution is -2.37. The lowest BCUT2D eigenvalue weighted by molar-refractivity contribution is 0.193. The van der Waals surface area contributed by atoms with Gasteiger partial charge < -0.3 is 14.8 Å². The van der Waals surface area contributed by atoms with Crippen LogP contribution in [-0.4, -0.2) is 35.6 Å². The number of rotatable bonds is 6. The zero-order valence-corrected chi connectivity index (χ0v) is 11.9. The van der Waals surface area contributed by atoms with Crippen LogP contribution in [0.15, 0.2) is 18.3 Å². The smallest absolute Gasteiger partial charge is 0.0359 e. The molecule has 0 amide bonds. The molecule has 0 radical (unpaired) electrons. The fourth-order valence-electron chi connectivity index (χ4n) is 2.66. The zero-order valence-electron chi connectivity index (χ0n) is 11.9. The largest absolute Gasteiger partial charge is 0.351 e. The van der Waals surface area contributed by atoms with Crippen LogP contribution in [0.1, 0.15) is 32.4 Å². The fourth-order valence-corrected chi connectivity index (χ4v) is 2.66. The highest BCUT2D eigenvalue weighted by atomic mass is 15.1. The van der Waals surface area contributed by atoms with Crippen LogP contribution in [0, 0.1) is 5.92 Å². The molecular weight excluding hydrogens is 222 g/mol. The van der Waals surface area contributed by atoms with Crippen molar-refractivity contribution in [2.45, 2.75) is 39.8 Å². The minimum Gasteiger partial charge on any atom is -0.351 e. The number of nitrogens with zero attached hydrogens (tertiary/aromatic N) is 2. The molecule has 3 heteroatoms. The van der Waals surface area contributed by atoms with Crippen LogP contribution in [0.3, 0.4) is 0 Å². The summed E-state index contributed by atoms with van der Waals surface area (Å²) in [5, 5.41) is 3.56. The minimum absolute atomic E-state index is 0.932. The van der Waals surface area contributed by atoms with Gasteiger partial charge in [-0.3, -0.25) is 0 Å². The molecule has 3 nitrogen and oxygen atoms in total. The van der Waals surface area contributed by atoms with Gasteiger partial charge in [-0.05, 0) is 50.9 Å². The van der Waals surface area contributed by atoms with Crippen molar-refractivity contribution in [3.05, 3.63) is 24.0 Å². The zero-order chi connectivity index (χ0) is 12.8. The average molecular weight is 249 g/mol. The lowest BCUT2D eigenvalue weighted by atomic mass is 9.99. The molecule has 18 heavy (non-hydrogen) atoms. The molecule has 0 bridgehead atoms. The maximum atomic E-state index is 3.56. The summed E-state index contributed by atoms with van der Waals surface area (Å²) in [6.07, 6.45) is 4.90. The highest BCUT2D eigenvalue weighted by Gasteiger charge is 2.14. The number of hydrogen-bond acceptors (Lipinski definition) is 2. The first-order chi connectivity index (χ1) is 8.79. The Hall–Kier alpha value is -0.800. The molecule has 0 atom stereocenters. The van der Waals surface area contributed by atoms with Crippen LogP contribution in [0.4, 0.5) is 0 Å². The van der Waals surface area contributed by atoms with Crippen molar-refractivity contribution in [3.63, 3.8) is 0 Å². The van der Waals surface area contributed by atoms with E-state index in [1.54, 1.807) is 0 Å². The topological polar surface area (TPSA) is 20.2 Å². The second kappa shape index (κ2) is 6.95. The van der Waals surface area contributed by atoms with E-state index in [0.29, 0.717) is 0 Å². The van der Waals surface area contributed by atoms with Gasteiger partial charge in [0.1, 0.15) is 0 Å². The maximum absolute atomic E-state index is 3.56. The quantitative estimate of drug-likeness (QED) is 0.781. The predicted octanol–water partition coefficient (Wildman–Crippen LogP) is 2.33. The molecule has 0 saturated carbocycles. The first-order valence-electron chi connectivity index (χ1n) is 7.36. The Morgan fingerprint density at radius 2 is 2.11 bits per heavy atom. The van der Waals surface area contributed by atoms with Crippen LogP contribution in [-0.2, 0) is 13.1 Å². The summed E-state index contributed by atoms with van der Waals surface area (Å²) in [6, 6.07) is 4.34. The van der Waals surface area contributed by atoms with Crippen molar-refractivity contribution in [1.29, 1.82) is 0 Å². The van der Waals surface area contributed by atoms with Gasteiger partial charge in [0.05, 0.1) is 0 Å². The monoisotopic (exact) mass is 249 g/mol. The Balaban J connectivity index is 1.61. The van der Waals surface area contributed by atoms with Gasteiger partial charge in [0.25, 0.3) is 0 Å². The minimum atomic E-state index is 0.932. The van der Waals surface area contributed by atoms with E-state index in [2.05, 4.69) is 47.0 Å². The number of aromatic nitrogens is 1. The molecule has 1 fully saturated rings. The second-order valence-corrected chi connectivity index (χ2v) is 5.49. The van der Waals surface area contributed by atoms with Gasteiger partial charge in [0.2, 0.25) is 0 Å². The van der Waals surface area contributed by atoms with Gasteiger partial charge >= 0.3 is 0 Å². The van der Waals surface area contributed by atoms with E-state index in [0.717, 1.165) is 25.6 Å². The molecule has 0 spiro atoms. The molecule has 2 rings (SSSR count). The molecule has 0 aromatic carbocycles. The van der Waals surface area contributed by atoms with Crippen molar-refractivity contribution in [1.82, 2.24) is 14.8 Å². The third-order valence-corrected chi connectivity index (χ3v) is 4.05. The van der Waals surface area contributed by atoms with Gasteiger partial charge in [0, 0.05) is 38.1 Å². The van der Waals surface area contributed by atoms with Crippen molar-refractivity contribution < 1.29 is 0 Å². The van der Waals surface area contributed by atoms with E-state index >= 15 is 0 Å².